The minimum atomic E-state index is 0.534. The van der Waals surface area contributed by atoms with Crippen LogP contribution < -0.4 is 10.2 Å². The van der Waals surface area contributed by atoms with Crippen molar-refractivity contribution in [3.63, 3.8) is 0 Å². The SMILES string of the molecule is c1ccc(-c2ccccc2)cc1.c1ccc(Nc2ccc3c(c2)c2ccc4c5cc(N(c6ccccc6)c6ccccc6)ccc5n(-c5nc(-c6ccccc6)nc(-c6ccccc6)n5)c4c2n3-c2ccccc2)cc1. The number of anilines is 5. The summed E-state index contributed by atoms with van der Waals surface area (Å²) >= 11 is 0. The van der Waals surface area contributed by atoms with Crippen molar-refractivity contribution < 1.29 is 0 Å². The van der Waals surface area contributed by atoms with E-state index in [1.54, 1.807) is 0 Å². The van der Waals surface area contributed by atoms with Crippen molar-refractivity contribution in [1.29, 1.82) is 0 Å². The number of nitrogens with one attached hydrogen (secondary N) is 1. The monoisotopic (exact) mass is 975 g/mol. The van der Waals surface area contributed by atoms with Gasteiger partial charge in [0.05, 0.1) is 22.1 Å². The Kier molecular flexibility index (Phi) is 12.1. The van der Waals surface area contributed by atoms with Gasteiger partial charge in [0.2, 0.25) is 5.95 Å². The van der Waals surface area contributed by atoms with E-state index in [1.807, 2.05) is 54.6 Å². The van der Waals surface area contributed by atoms with Gasteiger partial charge in [-0.05, 0) is 96.1 Å². The second kappa shape index (κ2) is 20.3. The van der Waals surface area contributed by atoms with Gasteiger partial charge in [-0.2, -0.15) is 9.97 Å². The molecule has 0 saturated heterocycles. The smallest absolute Gasteiger partial charge is 0.238 e. The summed E-state index contributed by atoms with van der Waals surface area (Å²) in [6.07, 6.45) is 0. The molecule has 0 aliphatic rings. The summed E-state index contributed by atoms with van der Waals surface area (Å²) in [7, 11) is 0. The summed E-state index contributed by atoms with van der Waals surface area (Å²) in [4.78, 5) is 18.1. The summed E-state index contributed by atoms with van der Waals surface area (Å²) in [5.74, 6) is 1.73. The van der Waals surface area contributed by atoms with Gasteiger partial charge in [-0.1, -0.05) is 206 Å². The zero-order valence-electron chi connectivity index (χ0n) is 41.4. The molecular formula is C69H49N7. The second-order valence-corrected chi connectivity index (χ2v) is 18.5. The van der Waals surface area contributed by atoms with E-state index >= 15 is 0 Å². The summed E-state index contributed by atoms with van der Waals surface area (Å²) in [6.45, 7) is 0. The predicted octanol–water partition coefficient (Wildman–Crippen LogP) is 18.0. The van der Waals surface area contributed by atoms with Gasteiger partial charge in [0, 0.05) is 66.8 Å². The number of para-hydroxylation sites is 4. The third-order valence-corrected chi connectivity index (χ3v) is 13.8. The highest BCUT2D eigenvalue weighted by atomic mass is 15.2. The van der Waals surface area contributed by atoms with Crippen molar-refractivity contribution in [3.8, 4) is 45.5 Å². The molecule has 0 unspecified atom stereocenters. The zero-order valence-corrected chi connectivity index (χ0v) is 41.4. The molecule has 360 valence electrons. The van der Waals surface area contributed by atoms with Crippen LogP contribution in [0.2, 0.25) is 0 Å². The first-order valence-electron chi connectivity index (χ1n) is 25.5. The average Bonchev–Trinajstić information content (AvgIpc) is 4.18. The van der Waals surface area contributed by atoms with E-state index in [2.05, 4.69) is 256 Å². The standard InChI is InChI=1S/C57H39N7.C12H10/c1-7-19-39(20-8-1)55-59-56(40-21-9-2-10-22-40)61-57(60-55)64-52-36-32-46(62(43-25-13-4-14-26-43)44-27-15-5-16-28-44)38-50(52)48-34-33-47-49-37-42(58-41-23-11-3-12-24-41)31-35-51(49)63(53(47)54(48)64)45-29-17-6-18-30-45;1-3-7-11(8-4-1)12-9-5-2-6-10-12/h1-38,58H;1-10H. The number of rotatable bonds is 10. The van der Waals surface area contributed by atoms with Gasteiger partial charge in [0.15, 0.2) is 11.6 Å². The van der Waals surface area contributed by atoms with Gasteiger partial charge < -0.3 is 14.8 Å². The molecule has 1 N–H and O–H groups in total. The molecule has 0 radical (unpaired) electrons. The van der Waals surface area contributed by atoms with E-state index in [4.69, 9.17) is 15.0 Å². The Bertz CT molecular complexity index is 4130. The molecule has 76 heavy (non-hydrogen) atoms. The Morgan fingerprint density at radius 1 is 0.289 bits per heavy atom. The fourth-order valence-electron chi connectivity index (χ4n) is 10.3. The zero-order chi connectivity index (χ0) is 50.6. The van der Waals surface area contributed by atoms with E-state index in [0.717, 1.165) is 88.9 Å². The molecule has 0 bridgehead atoms. The van der Waals surface area contributed by atoms with Crippen LogP contribution in [0.3, 0.4) is 0 Å². The Hall–Kier alpha value is -10.4. The van der Waals surface area contributed by atoms with Crippen molar-refractivity contribution in [3.05, 3.63) is 291 Å². The van der Waals surface area contributed by atoms with Gasteiger partial charge in [0.25, 0.3) is 0 Å². The highest BCUT2D eigenvalue weighted by Gasteiger charge is 2.25. The van der Waals surface area contributed by atoms with Gasteiger partial charge >= 0.3 is 0 Å². The third kappa shape index (κ3) is 8.78. The maximum atomic E-state index is 5.36. The molecule has 3 aromatic heterocycles. The Balaban J connectivity index is 0.000000406. The minimum absolute atomic E-state index is 0.534. The highest BCUT2D eigenvalue weighted by Crippen LogP contribution is 2.45. The molecule has 0 atom stereocenters. The maximum Gasteiger partial charge on any atom is 0.238 e. The Morgan fingerprint density at radius 2 is 0.697 bits per heavy atom. The molecule has 0 aliphatic heterocycles. The number of nitrogens with zero attached hydrogens (tertiary/aromatic N) is 6. The molecule has 11 aromatic carbocycles. The number of hydrogen-bond acceptors (Lipinski definition) is 5. The topological polar surface area (TPSA) is 63.8 Å². The molecule has 14 rings (SSSR count). The maximum absolute atomic E-state index is 5.36. The summed E-state index contributed by atoms with van der Waals surface area (Å²) in [5, 5.41) is 8.04. The van der Waals surface area contributed by atoms with Gasteiger partial charge in [-0.15, -0.1) is 0 Å². The van der Waals surface area contributed by atoms with E-state index < -0.39 is 0 Å². The molecule has 0 spiro atoms. The van der Waals surface area contributed by atoms with E-state index in [0.29, 0.717) is 17.6 Å². The lowest BCUT2D eigenvalue weighted by atomic mass is 10.1. The molecule has 3 heterocycles. The number of aromatic nitrogens is 5. The largest absolute Gasteiger partial charge is 0.356 e. The van der Waals surface area contributed by atoms with Crippen LogP contribution in [-0.4, -0.2) is 24.1 Å². The van der Waals surface area contributed by atoms with Gasteiger partial charge in [-0.25, -0.2) is 4.98 Å². The van der Waals surface area contributed by atoms with E-state index in [9.17, 15) is 0 Å². The van der Waals surface area contributed by atoms with E-state index in [-0.39, 0.29) is 0 Å². The normalized spacial score (nSPS) is 11.2. The van der Waals surface area contributed by atoms with Crippen LogP contribution in [0, 0.1) is 0 Å². The lowest BCUT2D eigenvalue weighted by Crippen LogP contribution is -2.10. The molecule has 7 heteroatoms. The van der Waals surface area contributed by atoms with Crippen LogP contribution in [0.1, 0.15) is 0 Å². The first-order valence-corrected chi connectivity index (χ1v) is 25.5. The molecule has 0 saturated carbocycles. The van der Waals surface area contributed by atoms with Crippen LogP contribution in [0.5, 0.6) is 0 Å². The van der Waals surface area contributed by atoms with Crippen molar-refractivity contribution in [2.45, 2.75) is 0 Å². The van der Waals surface area contributed by atoms with Crippen LogP contribution in [-0.2, 0) is 0 Å². The Morgan fingerprint density at radius 3 is 1.21 bits per heavy atom. The lowest BCUT2D eigenvalue weighted by molar-refractivity contribution is 0.953. The van der Waals surface area contributed by atoms with Crippen molar-refractivity contribution >= 4 is 72.0 Å². The third-order valence-electron chi connectivity index (χ3n) is 13.8. The fraction of sp³-hybridized carbons (Fsp3) is 0. The molecule has 0 aliphatic carbocycles. The highest BCUT2D eigenvalue weighted by molar-refractivity contribution is 6.24. The number of hydrogen-bond donors (Lipinski definition) is 1. The number of benzene rings is 11. The van der Waals surface area contributed by atoms with Crippen molar-refractivity contribution in [2.24, 2.45) is 0 Å². The predicted molar refractivity (Wildman–Crippen MR) is 316 cm³/mol. The molecule has 14 aromatic rings. The van der Waals surface area contributed by atoms with Crippen LogP contribution >= 0.6 is 0 Å². The van der Waals surface area contributed by atoms with E-state index in [1.165, 1.54) is 11.1 Å². The first kappa shape index (κ1) is 45.5. The van der Waals surface area contributed by atoms with Crippen LogP contribution in [0.4, 0.5) is 28.4 Å². The molecular weight excluding hydrogens is 927 g/mol. The second-order valence-electron chi connectivity index (χ2n) is 18.5. The fourth-order valence-corrected chi connectivity index (χ4v) is 10.3. The van der Waals surface area contributed by atoms with Crippen LogP contribution in [0.25, 0.3) is 89.2 Å². The van der Waals surface area contributed by atoms with Crippen LogP contribution in [0.15, 0.2) is 291 Å². The van der Waals surface area contributed by atoms with Crippen molar-refractivity contribution in [2.75, 3.05) is 10.2 Å². The Labute approximate surface area is 440 Å². The first-order chi connectivity index (χ1) is 37.7. The summed E-state index contributed by atoms with van der Waals surface area (Å²) in [5.41, 5.74) is 14.8. The average molecular weight is 976 g/mol. The summed E-state index contributed by atoms with van der Waals surface area (Å²) in [6, 6.07) is 101. The van der Waals surface area contributed by atoms with Crippen molar-refractivity contribution in [1.82, 2.24) is 24.1 Å². The molecule has 0 fully saturated rings. The summed E-state index contributed by atoms with van der Waals surface area (Å²) < 4.78 is 4.65. The molecule has 0 amide bonds. The number of fused-ring (bicyclic) bond motifs is 7. The quantitative estimate of drug-likeness (QED) is 0.148. The molecule has 7 nitrogen and oxygen atoms in total. The minimum Gasteiger partial charge on any atom is -0.356 e. The lowest BCUT2D eigenvalue weighted by Gasteiger charge is -2.25. The van der Waals surface area contributed by atoms with Gasteiger partial charge in [-0.3, -0.25) is 4.57 Å². The van der Waals surface area contributed by atoms with Gasteiger partial charge in [0.1, 0.15) is 0 Å².